The van der Waals surface area contributed by atoms with Gasteiger partial charge in [0.1, 0.15) is 0 Å². The Balaban J connectivity index is 1.32. The van der Waals surface area contributed by atoms with E-state index in [1.165, 1.54) is 23.3 Å². The Kier molecular flexibility index (Phi) is 7.60. The van der Waals surface area contributed by atoms with Gasteiger partial charge in [0.2, 0.25) is 0 Å². The highest BCUT2D eigenvalue weighted by molar-refractivity contribution is 6.22. The fraction of sp³-hybridized carbons (Fsp3) is 0.0556. The van der Waals surface area contributed by atoms with E-state index in [2.05, 4.69) is 60.4 Å². The first-order valence-corrected chi connectivity index (χ1v) is 12.9. The number of ketones is 2. The van der Waals surface area contributed by atoms with Crippen LogP contribution in [0.3, 0.4) is 0 Å². The third kappa shape index (κ3) is 6.28. The van der Waals surface area contributed by atoms with Crippen molar-refractivity contribution in [3.63, 3.8) is 0 Å². The molecule has 3 heteroatoms. The second-order valence-corrected chi connectivity index (χ2v) is 9.60. The third-order valence-corrected chi connectivity index (χ3v) is 6.59. The second-order valence-electron chi connectivity index (χ2n) is 9.60. The molecule has 4 aromatic carbocycles. The maximum absolute atomic E-state index is 12.7. The molecule has 0 saturated carbocycles. The van der Waals surface area contributed by atoms with Crippen LogP contribution >= 0.6 is 0 Å². The van der Waals surface area contributed by atoms with Crippen molar-refractivity contribution in [1.29, 1.82) is 0 Å². The number of para-hydroxylation sites is 1. The molecule has 190 valence electrons. The number of aryl methyl sites for hydroxylation is 2. The van der Waals surface area contributed by atoms with E-state index < -0.39 is 0 Å². The van der Waals surface area contributed by atoms with Crippen LogP contribution in [0.25, 0.3) is 12.2 Å². The first-order valence-electron chi connectivity index (χ1n) is 12.9. The number of rotatable bonds is 7. The molecule has 0 spiro atoms. The Bertz CT molecular complexity index is 1600. The predicted molar refractivity (Wildman–Crippen MR) is 161 cm³/mol. The summed E-state index contributed by atoms with van der Waals surface area (Å²) in [5.74, 6) is -0.356. The Morgan fingerprint density at radius 2 is 0.846 bits per heavy atom. The highest BCUT2D eigenvalue weighted by Crippen LogP contribution is 2.34. The van der Waals surface area contributed by atoms with Crippen LogP contribution in [0.4, 0.5) is 17.1 Å². The zero-order valence-electron chi connectivity index (χ0n) is 22.0. The lowest BCUT2D eigenvalue weighted by Gasteiger charge is -2.25. The highest BCUT2D eigenvalue weighted by Gasteiger charge is 2.17. The molecule has 5 rings (SSSR count). The molecular weight excluding hydrogens is 478 g/mol. The van der Waals surface area contributed by atoms with Gasteiger partial charge < -0.3 is 4.90 Å². The number of allylic oxidation sites excluding steroid dienone is 6. The molecule has 0 aromatic heterocycles. The largest absolute Gasteiger partial charge is 0.311 e. The minimum Gasteiger partial charge on any atom is -0.311 e. The number of nitrogens with zero attached hydrogens (tertiary/aromatic N) is 1. The standard InChI is InChI=1S/C36H29NO2/c1-26-8-12-28(13-9-26)14-18-30-24-36(39)31(25-35(30)38)19-15-29-16-22-34(23-17-29)37(32-6-4-3-5-7-32)33-20-10-27(2)11-21-33/h3-25H,1-2H3/b18-14+,19-15+. The average molecular weight is 508 g/mol. The van der Waals surface area contributed by atoms with Crippen LogP contribution in [0, 0.1) is 13.8 Å². The van der Waals surface area contributed by atoms with Gasteiger partial charge >= 0.3 is 0 Å². The molecule has 3 nitrogen and oxygen atoms in total. The Labute approximate surface area is 229 Å². The number of hydrogen-bond acceptors (Lipinski definition) is 3. The summed E-state index contributed by atoms with van der Waals surface area (Å²) in [7, 11) is 0. The maximum atomic E-state index is 12.7. The molecule has 0 N–H and O–H groups in total. The van der Waals surface area contributed by atoms with Gasteiger partial charge in [-0.3, -0.25) is 9.59 Å². The van der Waals surface area contributed by atoms with E-state index in [0.717, 1.165) is 28.2 Å². The van der Waals surface area contributed by atoms with Gasteiger partial charge in [-0.1, -0.05) is 102 Å². The van der Waals surface area contributed by atoms with Crippen molar-refractivity contribution in [1.82, 2.24) is 0 Å². The topological polar surface area (TPSA) is 37.4 Å². The highest BCUT2D eigenvalue weighted by atomic mass is 16.1. The van der Waals surface area contributed by atoms with Crippen molar-refractivity contribution in [3.8, 4) is 0 Å². The van der Waals surface area contributed by atoms with Crippen LogP contribution in [0.1, 0.15) is 22.3 Å². The van der Waals surface area contributed by atoms with Crippen LogP contribution in [0.5, 0.6) is 0 Å². The summed E-state index contributed by atoms with van der Waals surface area (Å²) >= 11 is 0. The lowest BCUT2D eigenvalue weighted by atomic mass is 9.95. The van der Waals surface area contributed by atoms with E-state index in [1.54, 1.807) is 12.2 Å². The zero-order chi connectivity index (χ0) is 27.2. The van der Waals surface area contributed by atoms with Gasteiger partial charge in [-0.2, -0.15) is 0 Å². The fourth-order valence-electron chi connectivity index (χ4n) is 4.35. The van der Waals surface area contributed by atoms with Gasteiger partial charge in [-0.15, -0.1) is 0 Å². The van der Waals surface area contributed by atoms with Crippen molar-refractivity contribution in [2.24, 2.45) is 0 Å². The minimum absolute atomic E-state index is 0.176. The third-order valence-electron chi connectivity index (χ3n) is 6.59. The van der Waals surface area contributed by atoms with Crippen molar-refractivity contribution in [3.05, 3.63) is 161 Å². The average Bonchev–Trinajstić information content (AvgIpc) is 2.96. The molecule has 0 saturated heterocycles. The van der Waals surface area contributed by atoms with Gasteiger partial charge in [0.15, 0.2) is 11.6 Å². The Hall–Kier alpha value is -5.02. The molecule has 1 aliphatic carbocycles. The van der Waals surface area contributed by atoms with Gasteiger partial charge in [0, 0.05) is 28.2 Å². The summed E-state index contributed by atoms with van der Waals surface area (Å²) in [5, 5.41) is 0. The van der Waals surface area contributed by atoms with E-state index in [-0.39, 0.29) is 11.6 Å². The Morgan fingerprint density at radius 1 is 0.462 bits per heavy atom. The second kappa shape index (κ2) is 11.6. The van der Waals surface area contributed by atoms with Crippen LogP contribution in [0.2, 0.25) is 0 Å². The molecule has 0 aliphatic heterocycles. The normalized spacial score (nSPS) is 13.6. The van der Waals surface area contributed by atoms with E-state index in [4.69, 9.17) is 0 Å². The molecule has 0 unspecified atom stereocenters. The summed E-state index contributed by atoms with van der Waals surface area (Å²) in [6.45, 7) is 4.11. The monoisotopic (exact) mass is 507 g/mol. The van der Waals surface area contributed by atoms with E-state index in [9.17, 15) is 9.59 Å². The van der Waals surface area contributed by atoms with Crippen LogP contribution in [-0.4, -0.2) is 11.6 Å². The minimum atomic E-state index is -0.180. The number of hydrogen-bond donors (Lipinski definition) is 0. The quantitative estimate of drug-likeness (QED) is 0.235. The molecule has 4 aromatic rings. The van der Waals surface area contributed by atoms with Crippen molar-refractivity contribution >= 4 is 40.8 Å². The van der Waals surface area contributed by atoms with Crippen molar-refractivity contribution < 1.29 is 9.59 Å². The summed E-state index contributed by atoms with van der Waals surface area (Å²) in [6, 6.07) is 34.8. The molecule has 0 heterocycles. The first kappa shape index (κ1) is 25.6. The SMILES string of the molecule is Cc1ccc(/C=C/C2=CC(=O)C(/C=C/c3ccc(N(c4ccccc4)c4ccc(C)cc4)cc3)=CC2=O)cc1. The number of benzene rings is 4. The summed E-state index contributed by atoms with van der Waals surface area (Å²) in [6.07, 6.45) is 9.95. The predicted octanol–water partition coefficient (Wildman–Crippen LogP) is 8.50. The zero-order valence-corrected chi connectivity index (χ0v) is 22.0. The van der Waals surface area contributed by atoms with Crippen LogP contribution < -0.4 is 4.90 Å². The van der Waals surface area contributed by atoms with Crippen LogP contribution in [-0.2, 0) is 9.59 Å². The molecule has 0 atom stereocenters. The van der Waals surface area contributed by atoms with Gasteiger partial charge in [0.05, 0.1) is 0 Å². The maximum Gasteiger partial charge on any atom is 0.186 e. The van der Waals surface area contributed by atoms with Crippen LogP contribution in [0.15, 0.2) is 139 Å². The summed E-state index contributed by atoms with van der Waals surface area (Å²) in [5.41, 5.74) is 8.23. The van der Waals surface area contributed by atoms with Gasteiger partial charge in [0.25, 0.3) is 0 Å². The first-order chi connectivity index (χ1) is 19.0. The van der Waals surface area contributed by atoms with Gasteiger partial charge in [-0.05, 0) is 73.5 Å². The molecular formula is C36H29NO2. The lowest BCUT2D eigenvalue weighted by Crippen LogP contribution is -2.10. The molecule has 0 radical (unpaired) electrons. The van der Waals surface area contributed by atoms with E-state index >= 15 is 0 Å². The smallest absolute Gasteiger partial charge is 0.186 e. The molecule has 0 fully saturated rings. The number of carbonyl (C=O) groups is 2. The Morgan fingerprint density at radius 3 is 1.33 bits per heavy atom. The molecule has 0 amide bonds. The molecule has 39 heavy (non-hydrogen) atoms. The molecule has 1 aliphatic rings. The summed E-state index contributed by atoms with van der Waals surface area (Å²) < 4.78 is 0. The summed E-state index contributed by atoms with van der Waals surface area (Å²) in [4.78, 5) is 27.6. The van der Waals surface area contributed by atoms with Crippen molar-refractivity contribution in [2.45, 2.75) is 13.8 Å². The van der Waals surface area contributed by atoms with E-state index in [1.807, 2.05) is 73.7 Å². The lowest BCUT2D eigenvalue weighted by molar-refractivity contribution is -0.114. The molecule has 0 bridgehead atoms. The fourth-order valence-corrected chi connectivity index (χ4v) is 4.35. The van der Waals surface area contributed by atoms with E-state index in [0.29, 0.717) is 11.1 Å². The number of carbonyl (C=O) groups excluding carboxylic acids is 2. The number of anilines is 3. The van der Waals surface area contributed by atoms with Gasteiger partial charge in [-0.25, -0.2) is 0 Å². The van der Waals surface area contributed by atoms with Crippen molar-refractivity contribution in [2.75, 3.05) is 4.90 Å².